The molecule has 6 nitrogen and oxygen atoms in total. The summed E-state index contributed by atoms with van der Waals surface area (Å²) in [5.74, 6) is 0.870. The van der Waals surface area contributed by atoms with Crippen LogP contribution in [-0.4, -0.2) is 56.4 Å². The van der Waals surface area contributed by atoms with E-state index in [2.05, 4.69) is 75.4 Å². The van der Waals surface area contributed by atoms with Crippen LogP contribution in [0.5, 0.6) is 5.75 Å². The van der Waals surface area contributed by atoms with Crippen molar-refractivity contribution in [3.63, 3.8) is 0 Å². The maximum atomic E-state index is 6.05. The summed E-state index contributed by atoms with van der Waals surface area (Å²) in [5.41, 5.74) is 5.78. The van der Waals surface area contributed by atoms with Crippen molar-refractivity contribution >= 4 is 16.6 Å². The number of hydrogen-bond acceptors (Lipinski definition) is 6. The van der Waals surface area contributed by atoms with Gasteiger partial charge >= 0.3 is 0 Å². The number of pyridine rings is 1. The minimum Gasteiger partial charge on any atom is -0.497 e. The molecule has 0 spiro atoms. The number of anilines is 1. The number of aromatic nitrogens is 1. The molecule has 0 unspecified atom stereocenters. The second kappa shape index (κ2) is 12.7. The van der Waals surface area contributed by atoms with Crippen LogP contribution in [0.25, 0.3) is 10.9 Å². The van der Waals surface area contributed by atoms with Crippen molar-refractivity contribution in [2.24, 2.45) is 0 Å². The van der Waals surface area contributed by atoms with Gasteiger partial charge < -0.3 is 19.1 Å². The third-order valence-electron chi connectivity index (χ3n) is 6.75. The molecular weight excluding hydrogens is 462 g/mol. The van der Waals surface area contributed by atoms with Gasteiger partial charge in [-0.3, -0.25) is 9.88 Å². The zero-order chi connectivity index (χ0) is 25.3. The summed E-state index contributed by atoms with van der Waals surface area (Å²) in [4.78, 5) is 9.35. The first kappa shape index (κ1) is 25.2. The number of hydrogen-bond donors (Lipinski definition) is 0. The molecular formula is C31H35N3O3. The van der Waals surface area contributed by atoms with Gasteiger partial charge in [0.25, 0.3) is 0 Å². The second-order valence-corrected chi connectivity index (χ2v) is 9.41. The molecule has 37 heavy (non-hydrogen) atoms. The van der Waals surface area contributed by atoms with Crippen LogP contribution in [0.15, 0.2) is 85.1 Å². The highest BCUT2D eigenvalue weighted by molar-refractivity contribution is 5.79. The van der Waals surface area contributed by atoms with E-state index >= 15 is 0 Å². The summed E-state index contributed by atoms with van der Waals surface area (Å²) in [6, 6.07) is 27.6. The molecule has 0 aliphatic carbocycles. The van der Waals surface area contributed by atoms with Gasteiger partial charge in [-0.05, 0) is 53.1 Å². The Morgan fingerprint density at radius 2 is 1.68 bits per heavy atom. The average Bonchev–Trinajstić information content (AvgIpc) is 2.96. The highest BCUT2D eigenvalue weighted by Gasteiger charge is 2.12. The Labute approximate surface area is 219 Å². The van der Waals surface area contributed by atoms with Crippen LogP contribution in [-0.2, 0) is 29.2 Å². The number of morpholine rings is 1. The normalized spacial score (nSPS) is 14.1. The molecule has 1 fully saturated rings. The van der Waals surface area contributed by atoms with Crippen LogP contribution in [0.1, 0.15) is 16.7 Å². The van der Waals surface area contributed by atoms with Gasteiger partial charge in [0.05, 0.1) is 39.1 Å². The molecule has 0 saturated carbocycles. The Bertz CT molecular complexity index is 1290. The van der Waals surface area contributed by atoms with Gasteiger partial charge in [0.2, 0.25) is 0 Å². The lowest BCUT2D eigenvalue weighted by molar-refractivity contribution is 0.0180. The Morgan fingerprint density at radius 3 is 2.54 bits per heavy atom. The van der Waals surface area contributed by atoms with E-state index in [0.29, 0.717) is 6.61 Å². The summed E-state index contributed by atoms with van der Waals surface area (Å²) >= 11 is 0. The predicted octanol–water partition coefficient (Wildman–Crippen LogP) is 5.30. The Kier molecular flexibility index (Phi) is 8.64. The van der Waals surface area contributed by atoms with Crippen molar-refractivity contribution < 1.29 is 14.2 Å². The lowest BCUT2D eigenvalue weighted by Crippen LogP contribution is -2.38. The summed E-state index contributed by atoms with van der Waals surface area (Å²) in [7, 11) is 1.71. The molecule has 1 aliphatic rings. The number of benzene rings is 3. The number of rotatable bonds is 11. The van der Waals surface area contributed by atoms with E-state index in [1.807, 2.05) is 24.4 Å². The molecule has 6 heteroatoms. The quantitative estimate of drug-likeness (QED) is 0.262. The highest BCUT2D eigenvalue weighted by atomic mass is 16.5. The summed E-state index contributed by atoms with van der Waals surface area (Å²) < 4.78 is 17.0. The molecule has 0 amide bonds. The van der Waals surface area contributed by atoms with E-state index < -0.39 is 0 Å². The fraction of sp³-hybridized carbons (Fsp3) is 0.323. The van der Waals surface area contributed by atoms with Crippen molar-refractivity contribution in [2.45, 2.75) is 19.7 Å². The van der Waals surface area contributed by atoms with Gasteiger partial charge in [-0.2, -0.15) is 0 Å². The summed E-state index contributed by atoms with van der Waals surface area (Å²) in [5, 5.41) is 1.15. The van der Waals surface area contributed by atoms with Crippen molar-refractivity contribution in [3.8, 4) is 5.75 Å². The standard InChI is InChI=1S/C31H35N3O3/c1-35-30-9-3-5-25(20-30)22-34(23-26-10-11-28-7-4-12-32-31(28)21-26)29-8-2-6-27(19-29)24-37-18-15-33-13-16-36-17-14-33/h2-12,19-21H,13-18,22-24H2,1H3. The van der Waals surface area contributed by atoms with E-state index in [4.69, 9.17) is 14.2 Å². The third kappa shape index (κ3) is 7.07. The molecule has 0 radical (unpaired) electrons. The zero-order valence-corrected chi connectivity index (χ0v) is 21.5. The molecule has 0 bridgehead atoms. The Morgan fingerprint density at radius 1 is 0.865 bits per heavy atom. The average molecular weight is 498 g/mol. The number of nitrogens with zero attached hydrogens (tertiary/aromatic N) is 3. The lowest BCUT2D eigenvalue weighted by atomic mass is 10.1. The maximum Gasteiger partial charge on any atom is 0.119 e. The van der Waals surface area contributed by atoms with Crippen LogP contribution in [0.4, 0.5) is 5.69 Å². The van der Waals surface area contributed by atoms with E-state index in [0.717, 1.165) is 69.2 Å². The number of methoxy groups -OCH3 is 1. The first-order valence-corrected chi connectivity index (χ1v) is 13.0. The maximum absolute atomic E-state index is 6.05. The van der Waals surface area contributed by atoms with Crippen LogP contribution in [0.3, 0.4) is 0 Å². The number of fused-ring (bicyclic) bond motifs is 1. The van der Waals surface area contributed by atoms with Gasteiger partial charge in [0.15, 0.2) is 0 Å². The van der Waals surface area contributed by atoms with Gasteiger partial charge in [-0.1, -0.05) is 42.5 Å². The Balaban J connectivity index is 1.31. The van der Waals surface area contributed by atoms with Crippen LogP contribution >= 0.6 is 0 Å². The second-order valence-electron chi connectivity index (χ2n) is 9.41. The molecule has 4 aromatic rings. The van der Waals surface area contributed by atoms with Crippen molar-refractivity contribution in [1.82, 2.24) is 9.88 Å². The fourth-order valence-electron chi connectivity index (χ4n) is 4.71. The smallest absolute Gasteiger partial charge is 0.119 e. The molecule has 1 aliphatic heterocycles. The van der Waals surface area contributed by atoms with Crippen molar-refractivity contribution in [1.29, 1.82) is 0 Å². The molecule has 2 heterocycles. The molecule has 0 atom stereocenters. The van der Waals surface area contributed by atoms with Gasteiger partial charge in [-0.25, -0.2) is 0 Å². The van der Waals surface area contributed by atoms with E-state index in [-0.39, 0.29) is 0 Å². The van der Waals surface area contributed by atoms with Crippen LogP contribution in [0, 0.1) is 0 Å². The van der Waals surface area contributed by atoms with E-state index in [9.17, 15) is 0 Å². The first-order chi connectivity index (χ1) is 18.3. The highest BCUT2D eigenvalue weighted by Crippen LogP contribution is 2.25. The minimum absolute atomic E-state index is 0.602. The monoisotopic (exact) mass is 497 g/mol. The lowest BCUT2D eigenvalue weighted by Gasteiger charge is -2.27. The predicted molar refractivity (Wildman–Crippen MR) is 148 cm³/mol. The molecule has 5 rings (SSSR count). The third-order valence-corrected chi connectivity index (χ3v) is 6.75. The largest absolute Gasteiger partial charge is 0.497 e. The van der Waals surface area contributed by atoms with Gasteiger partial charge in [-0.15, -0.1) is 0 Å². The summed E-state index contributed by atoms with van der Waals surface area (Å²) in [6.45, 7) is 7.42. The fourth-order valence-corrected chi connectivity index (χ4v) is 4.71. The number of ether oxygens (including phenoxy) is 3. The van der Waals surface area contributed by atoms with Gasteiger partial charge in [0.1, 0.15) is 5.75 Å². The molecule has 3 aromatic carbocycles. The van der Waals surface area contributed by atoms with Crippen molar-refractivity contribution in [3.05, 3.63) is 102 Å². The first-order valence-electron chi connectivity index (χ1n) is 13.0. The molecule has 1 saturated heterocycles. The van der Waals surface area contributed by atoms with Gasteiger partial charge in [0, 0.05) is 50.0 Å². The molecule has 0 N–H and O–H groups in total. The van der Waals surface area contributed by atoms with Crippen LogP contribution < -0.4 is 9.64 Å². The van der Waals surface area contributed by atoms with Crippen LogP contribution in [0.2, 0.25) is 0 Å². The topological polar surface area (TPSA) is 47.1 Å². The SMILES string of the molecule is COc1cccc(CN(Cc2ccc3cccnc3c2)c2cccc(COCCN3CCOCC3)c2)c1. The summed E-state index contributed by atoms with van der Waals surface area (Å²) in [6.07, 6.45) is 1.85. The minimum atomic E-state index is 0.602. The van der Waals surface area contributed by atoms with Crippen molar-refractivity contribution in [2.75, 3.05) is 51.5 Å². The molecule has 192 valence electrons. The Hall–Kier alpha value is -3.45. The van der Waals surface area contributed by atoms with E-state index in [1.54, 1.807) is 7.11 Å². The van der Waals surface area contributed by atoms with E-state index in [1.165, 1.54) is 22.4 Å². The zero-order valence-electron chi connectivity index (χ0n) is 21.5. The molecule has 1 aromatic heterocycles.